The summed E-state index contributed by atoms with van der Waals surface area (Å²) >= 11 is 0. The highest BCUT2D eigenvalue weighted by Crippen LogP contribution is 2.30. The van der Waals surface area contributed by atoms with Gasteiger partial charge in [0.25, 0.3) is 0 Å². The van der Waals surface area contributed by atoms with E-state index in [1.54, 1.807) is 13.0 Å². The molecule has 0 aliphatic carbocycles. The van der Waals surface area contributed by atoms with Crippen molar-refractivity contribution in [2.45, 2.75) is 32.0 Å². The highest BCUT2D eigenvalue weighted by atomic mass is 19.4. The van der Waals surface area contributed by atoms with E-state index in [1.165, 1.54) is 6.07 Å². The summed E-state index contributed by atoms with van der Waals surface area (Å²) in [5.41, 5.74) is -0.258. The number of piperidine rings is 1. The van der Waals surface area contributed by atoms with Gasteiger partial charge in [-0.2, -0.15) is 13.2 Å². The van der Waals surface area contributed by atoms with Crippen molar-refractivity contribution in [3.63, 3.8) is 0 Å². The fraction of sp³-hybridized carbons (Fsp3) is 0.500. The number of hydrogen-bond donors (Lipinski definition) is 1. The van der Waals surface area contributed by atoms with Crippen LogP contribution in [-0.4, -0.2) is 30.4 Å². The lowest BCUT2D eigenvalue weighted by Gasteiger charge is -2.30. The molecule has 24 heavy (non-hydrogen) atoms. The molecule has 1 N–H and O–H groups in total. The fourth-order valence-electron chi connectivity index (χ4n) is 2.88. The molecule has 0 aromatic heterocycles. The highest BCUT2D eigenvalue weighted by Gasteiger charge is 2.31. The third-order valence-corrected chi connectivity index (χ3v) is 4.35. The maximum absolute atomic E-state index is 12.8. The minimum absolute atomic E-state index is 0.111. The number of carbonyl (C=O) groups is 1. The number of amides is 1. The van der Waals surface area contributed by atoms with Gasteiger partial charge in [0.2, 0.25) is 5.91 Å². The molecule has 0 saturated carbocycles. The first-order valence-corrected chi connectivity index (χ1v) is 7.94. The quantitative estimate of drug-likeness (QED) is 0.855. The molecule has 0 radical (unpaired) electrons. The Kier molecular flexibility index (Phi) is 5.89. The maximum atomic E-state index is 12.8. The van der Waals surface area contributed by atoms with E-state index in [1.807, 2.05) is 0 Å². The van der Waals surface area contributed by atoms with Gasteiger partial charge >= 0.3 is 6.18 Å². The van der Waals surface area contributed by atoms with Crippen LogP contribution in [0.15, 0.2) is 24.3 Å². The van der Waals surface area contributed by atoms with Crippen LogP contribution in [0.1, 0.15) is 36.9 Å². The number of nitrogens with one attached hydrogen (secondary N) is 1. The summed E-state index contributed by atoms with van der Waals surface area (Å²) in [5.74, 6) is 2.36. The predicted octanol–water partition coefficient (Wildman–Crippen LogP) is 3.23. The zero-order chi connectivity index (χ0) is 17.7. The Balaban J connectivity index is 1.94. The van der Waals surface area contributed by atoms with Gasteiger partial charge in [0.1, 0.15) is 0 Å². The molecule has 2 rings (SSSR count). The zero-order valence-corrected chi connectivity index (χ0v) is 13.6. The topological polar surface area (TPSA) is 32.3 Å². The van der Waals surface area contributed by atoms with Gasteiger partial charge in [-0.1, -0.05) is 18.1 Å². The number of nitrogens with zero attached hydrogens (tertiary/aromatic N) is 1. The van der Waals surface area contributed by atoms with Crippen LogP contribution >= 0.6 is 0 Å². The minimum atomic E-state index is -4.39. The standard InChI is InChI=1S/C18H21F3N2O/c1-3-9-23-10-7-14(8-11-23)17(24)22-13(2)15-5-4-6-16(12-15)18(19,20)21/h1,4-6,12-14H,7-11H2,2H3,(H,22,24)/t13-/m0/s1. The Morgan fingerprint density at radius 2 is 2.08 bits per heavy atom. The molecule has 3 nitrogen and oxygen atoms in total. The highest BCUT2D eigenvalue weighted by molar-refractivity contribution is 5.79. The van der Waals surface area contributed by atoms with Gasteiger partial charge in [-0.05, 0) is 50.6 Å². The van der Waals surface area contributed by atoms with Crippen LogP contribution in [0.2, 0.25) is 0 Å². The van der Waals surface area contributed by atoms with Crippen LogP contribution < -0.4 is 5.32 Å². The van der Waals surface area contributed by atoms with Crippen LogP contribution in [0.4, 0.5) is 13.2 Å². The third-order valence-electron chi connectivity index (χ3n) is 4.35. The molecule has 1 aliphatic rings. The lowest BCUT2D eigenvalue weighted by atomic mass is 9.95. The number of alkyl halides is 3. The zero-order valence-electron chi connectivity index (χ0n) is 13.6. The van der Waals surface area contributed by atoms with Crippen LogP contribution in [0.3, 0.4) is 0 Å². The molecule has 1 saturated heterocycles. The second-order valence-corrected chi connectivity index (χ2v) is 6.11. The monoisotopic (exact) mass is 338 g/mol. The van der Waals surface area contributed by atoms with Crippen molar-refractivity contribution >= 4 is 5.91 Å². The first-order chi connectivity index (χ1) is 11.3. The molecule has 0 bridgehead atoms. The van der Waals surface area contributed by atoms with E-state index < -0.39 is 17.8 Å². The van der Waals surface area contributed by atoms with Crippen molar-refractivity contribution in [1.82, 2.24) is 10.2 Å². The smallest absolute Gasteiger partial charge is 0.349 e. The normalized spacial score (nSPS) is 18.0. The lowest BCUT2D eigenvalue weighted by molar-refractivity contribution is -0.137. The summed E-state index contributed by atoms with van der Waals surface area (Å²) in [6.45, 7) is 3.80. The van der Waals surface area contributed by atoms with Gasteiger partial charge in [0, 0.05) is 5.92 Å². The van der Waals surface area contributed by atoms with Gasteiger partial charge in [-0.15, -0.1) is 6.42 Å². The first kappa shape index (κ1) is 18.3. The Hall–Kier alpha value is -2.00. The predicted molar refractivity (Wildman–Crippen MR) is 86.0 cm³/mol. The summed E-state index contributed by atoms with van der Waals surface area (Å²) in [4.78, 5) is 14.4. The molecule has 1 aromatic carbocycles. The molecule has 0 unspecified atom stereocenters. The van der Waals surface area contributed by atoms with Gasteiger partial charge in [-0.25, -0.2) is 0 Å². The number of carbonyl (C=O) groups excluding carboxylic acids is 1. The Morgan fingerprint density at radius 3 is 2.67 bits per heavy atom. The SMILES string of the molecule is C#CCN1CCC(C(=O)N[C@@H](C)c2cccc(C(F)(F)F)c2)CC1. The molecular weight excluding hydrogens is 317 g/mol. The minimum Gasteiger partial charge on any atom is -0.349 e. The van der Waals surface area contributed by atoms with Gasteiger partial charge < -0.3 is 5.32 Å². The van der Waals surface area contributed by atoms with Gasteiger partial charge in [0.15, 0.2) is 0 Å². The third kappa shape index (κ3) is 4.75. The summed E-state index contributed by atoms with van der Waals surface area (Å²) in [6, 6.07) is 4.60. The largest absolute Gasteiger partial charge is 0.416 e. The molecule has 1 aliphatic heterocycles. The average Bonchev–Trinajstić information content (AvgIpc) is 2.55. The summed E-state index contributed by atoms with van der Waals surface area (Å²) in [5, 5.41) is 2.83. The molecule has 6 heteroatoms. The van der Waals surface area contributed by atoms with Crippen molar-refractivity contribution < 1.29 is 18.0 Å². The van der Waals surface area contributed by atoms with E-state index >= 15 is 0 Å². The number of hydrogen-bond acceptors (Lipinski definition) is 2. The molecule has 1 heterocycles. The van der Waals surface area contributed by atoms with Crippen LogP contribution in [0.5, 0.6) is 0 Å². The molecule has 1 amide bonds. The average molecular weight is 338 g/mol. The molecule has 1 aromatic rings. The first-order valence-electron chi connectivity index (χ1n) is 7.94. The Labute approximate surface area is 140 Å². The molecule has 0 spiro atoms. The second-order valence-electron chi connectivity index (χ2n) is 6.11. The molecular formula is C18H21F3N2O. The van der Waals surface area contributed by atoms with E-state index in [4.69, 9.17) is 6.42 Å². The fourth-order valence-corrected chi connectivity index (χ4v) is 2.88. The lowest BCUT2D eigenvalue weighted by Crippen LogP contribution is -2.41. The summed E-state index contributed by atoms with van der Waals surface area (Å²) < 4.78 is 38.3. The molecule has 1 fully saturated rings. The Morgan fingerprint density at radius 1 is 1.42 bits per heavy atom. The summed E-state index contributed by atoms with van der Waals surface area (Å²) in [6.07, 6.45) is 2.31. The van der Waals surface area contributed by atoms with Crippen LogP contribution in [0, 0.1) is 18.3 Å². The summed E-state index contributed by atoms with van der Waals surface area (Å²) in [7, 11) is 0. The van der Waals surface area contributed by atoms with Crippen LogP contribution in [0.25, 0.3) is 0 Å². The van der Waals surface area contributed by atoms with Crippen molar-refractivity contribution in [2.75, 3.05) is 19.6 Å². The number of likely N-dealkylation sites (tertiary alicyclic amines) is 1. The van der Waals surface area contributed by atoms with Gasteiger partial charge in [-0.3, -0.25) is 9.69 Å². The maximum Gasteiger partial charge on any atom is 0.416 e. The van der Waals surface area contributed by atoms with E-state index in [0.717, 1.165) is 25.2 Å². The van der Waals surface area contributed by atoms with Crippen molar-refractivity contribution in [3.05, 3.63) is 35.4 Å². The van der Waals surface area contributed by atoms with Crippen molar-refractivity contribution in [1.29, 1.82) is 0 Å². The number of terminal acetylenes is 1. The van der Waals surface area contributed by atoms with Crippen LogP contribution in [-0.2, 0) is 11.0 Å². The number of halogens is 3. The van der Waals surface area contributed by atoms with Crippen molar-refractivity contribution in [3.8, 4) is 12.3 Å². The van der Waals surface area contributed by atoms with E-state index in [0.29, 0.717) is 24.9 Å². The van der Waals surface area contributed by atoms with Gasteiger partial charge in [0.05, 0.1) is 18.2 Å². The molecule has 1 atom stereocenters. The molecule has 130 valence electrons. The number of rotatable bonds is 4. The van der Waals surface area contributed by atoms with E-state index in [9.17, 15) is 18.0 Å². The van der Waals surface area contributed by atoms with E-state index in [2.05, 4.69) is 16.1 Å². The number of benzene rings is 1. The van der Waals surface area contributed by atoms with Crippen molar-refractivity contribution in [2.24, 2.45) is 5.92 Å². The van der Waals surface area contributed by atoms with E-state index in [-0.39, 0.29) is 11.8 Å². The Bertz CT molecular complexity index is 613. The second kappa shape index (κ2) is 7.71.